The van der Waals surface area contributed by atoms with Crippen LogP contribution in [-0.4, -0.2) is 33.1 Å². The first-order valence-corrected chi connectivity index (χ1v) is 8.95. The number of hydrogen-bond donors (Lipinski definition) is 2. The van der Waals surface area contributed by atoms with Crippen molar-refractivity contribution in [1.82, 2.24) is 20.6 Å². The van der Waals surface area contributed by atoms with Crippen molar-refractivity contribution in [2.24, 2.45) is 0 Å². The summed E-state index contributed by atoms with van der Waals surface area (Å²) >= 11 is 0. The van der Waals surface area contributed by atoms with E-state index in [1.807, 2.05) is 33.8 Å². The predicted molar refractivity (Wildman–Crippen MR) is 98.6 cm³/mol. The van der Waals surface area contributed by atoms with Crippen LogP contribution in [0.1, 0.15) is 69.6 Å². The number of hydrogen-bond acceptors (Lipinski definition) is 5. The highest BCUT2D eigenvalue weighted by Gasteiger charge is 2.32. The Morgan fingerprint density at radius 3 is 2.65 bits per heavy atom. The minimum Gasteiger partial charge on any atom is -0.444 e. The second-order valence-corrected chi connectivity index (χ2v) is 7.66. The lowest BCUT2D eigenvalue weighted by molar-refractivity contribution is 0.0542. The van der Waals surface area contributed by atoms with Crippen molar-refractivity contribution in [2.45, 2.75) is 71.4 Å². The van der Waals surface area contributed by atoms with Crippen LogP contribution in [0.4, 0.5) is 4.79 Å². The van der Waals surface area contributed by atoms with Crippen molar-refractivity contribution in [3.8, 4) is 0 Å². The number of carbonyl (C=O) groups is 2. The standard InChI is InChI=1S/C19H28N4O3/c1-6-19(23-16(24)15-12-20-11-13(2)21-15)9-7-8-14(10-19)22-17(25)26-18(3,4)5/h10-12H,6-9H2,1-5H3,(H,22,25)(H,23,24)/t19-/m0/s1. The van der Waals surface area contributed by atoms with Crippen molar-refractivity contribution < 1.29 is 14.3 Å². The Morgan fingerprint density at radius 1 is 1.31 bits per heavy atom. The van der Waals surface area contributed by atoms with E-state index in [0.717, 1.165) is 25.0 Å². The number of rotatable bonds is 4. The summed E-state index contributed by atoms with van der Waals surface area (Å²) in [7, 11) is 0. The normalized spacial score (nSPS) is 20.1. The topological polar surface area (TPSA) is 93.2 Å². The van der Waals surface area contributed by atoms with Crippen LogP contribution in [0, 0.1) is 6.92 Å². The van der Waals surface area contributed by atoms with Crippen LogP contribution in [0.5, 0.6) is 0 Å². The summed E-state index contributed by atoms with van der Waals surface area (Å²) in [4.78, 5) is 32.9. The maximum absolute atomic E-state index is 12.6. The number of aromatic nitrogens is 2. The fourth-order valence-corrected chi connectivity index (χ4v) is 2.93. The van der Waals surface area contributed by atoms with Gasteiger partial charge in [-0.05, 0) is 59.5 Å². The van der Waals surface area contributed by atoms with Gasteiger partial charge in [0.2, 0.25) is 0 Å². The zero-order valence-electron chi connectivity index (χ0n) is 16.2. The molecule has 1 aromatic heterocycles. The predicted octanol–water partition coefficient (Wildman–Crippen LogP) is 3.26. The number of carbonyl (C=O) groups excluding carboxylic acids is 2. The molecule has 0 saturated heterocycles. The fraction of sp³-hybridized carbons (Fsp3) is 0.579. The highest BCUT2D eigenvalue weighted by Crippen LogP contribution is 2.29. The van der Waals surface area contributed by atoms with Gasteiger partial charge in [0.15, 0.2) is 0 Å². The molecule has 0 bridgehead atoms. The molecular weight excluding hydrogens is 332 g/mol. The molecule has 0 spiro atoms. The average molecular weight is 360 g/mol. The van der Waals surface area contributed by atoms with Crippen molar-refractivity contribution in [2.75, 3.05) is 0 Å². The summed E-state index contributed by atoms with van der Waals surface area (Å²) in [5, 5.41) is 5.87. The Balaban J connectivity index is 2.13. The molecule has 142 valence electrons. The van der Waals surface area contributed by atoms with Gasteiger partial charge in [-0.1, -0.05) is 6.92 Å². The molecule has 1 atom stereocenters. The van der Waals surface area contributed by atoms with E-state index in [-0.39, 0.29) is 5.91 Å². The average Bonchev–Trinajstić information content (AvgIpc) is 2.53. The maximum Gasteiger partial charge on any atom is 0.411 e. The second-order valence-electron chi connectivity index (χ2n) is 7.66. The molecule has 1 aliphatic carbocycles. The van der Waals surface area contributed by atoms with Gasteiger partial charge in [0, 0.05) is 11.9 Å². The number of alkyl carbamates (subject to hydrolysis) is 1. The molecule has 7 heteroatoms. The number of aryl methyl sites for hydroxylation is 1. The monoisotopic (exact) mass is 360 g/mol. The summed E-state index contributed by atoms with van der Waals surface area (Å²) in [6, 6.07) is 0. The smallest absolute Gasteiger partial charge is 0.411 e. The highest BCUT2D eigenvalue weighted by molar-refractivity contribution is 5.92. The van der Waals surface area contributed by atoms with Crippen LogP contribution >= 0.6 is 0 Å². The van der Waals surface area contributed by atoms with E-state index < -0.39 is 17.2 Å². The molecule has 2 rings (SSSR count). The zero-order valence-corrected chi connectivity index (χ0v) is 16.2. The second kappa shape index (κ2) is 7.85. The molecule has 0 fully saturated rings. The van der Waals surface area contributed by atoms with E-state index in [0.29, 0.717) is 17.8 Å². The van der Waals surface area contributed by atoms with Crippen LogP contribution in [0.2, 0.25) is 0 Å². The molecule has 0 aliphatic heterocycles. The molecular formula is C19H28N4O3. The summed E-state index contributed by atoms with van der Waals surface area (Å²) < 4.78 is 5.31. The van der Waals surface area contributed by atoms with Crippen molar-refractivity contribution in [3.63, 3.8) is 0 Å². The third-order valence-corrected chi connectivity index (χ3v) is 4.16. The molecule has 0 aromatic carbocycles. The fourth-order valence-electron chi connectivity index (χ4n) is 2.93. The van der Waals surface area contributed by atoms with Gasteiger partial charge in [-0.15, -0.1) is 0 Å². The Labute approximate surface area is 154 Å². The van der Waals surface area contributed by atoms with Gasteiger partial charge in [-0.25, -0.2) is 9.78 Å². The van der Waals surface area contributed by atoms with E-state index >= 15 is 0 Å². The molecule has 1 aromatic rings. The summed E-state index contributed by atoms with van der Waals surface area (Å²) in [5.41, 5.74) is 0.667. The van der Waals surface area contributed by atoms with Crippen LogP contribution in [0.15, 0.2) is 24.2 Å². The van der Waals surface area contributed by atoms with Crippen LogP contribution in [0.3, 0.4) is 0 Å². The van der Waals surface area contributed by atoms with Gasteiger partial charge < -0.3 is 10.1 Å². The van der Waals surface area contributed by atoms with E-state index in [4.69, 9.17) is 4.74 Å². The van der Waals surface area contributed by atoms with Gasteiger partial charge in [0.25, 0.3) is 5.91 Å². The van der Waals surface area contributed by atoms with E-state index in [9.17, 15) is 9.59 Å². The van der Waals surface area contributed by atoms with E-state index in [1.165, 1.54) is 6.20 Å². The lowest BCUT2D eigenvalue weighted by atomic mass is 9.83. The Hall–Kier alpha value is -2.44. The van der Waals surface area contributed by atoms with Gasteiger partial charge in [0.1, 0.15) is 11.3 Å². The maximum atomic E-state index is 12.6. The number of ether oxygens (including phenoxy) is 1. The molecule has 0 radical (unpaired) electrons. The summed E-state index contributed by atoms with van der Waals surface area (Å²) in [6.07, 6.45) is 7.61. The minimum absolute atomic E-state index is 0.266. The van der Waals surface area contributed by atoms with Crippen LogP contribution in [0.25, 0.3) is 0 Å². The minimum atomic E-state index is -0.556. The zero-order chi connectivity index (χ0) is 19.4. The summed E-state index contributed by atoms with van der Waals surface area (Å²) in [5.74, 6) is -0.266. The molecule has 1 heterocycles. The summed E-state index contributed by atoms with van der Waals surface area (Å²) in [6.45, 7) is 9.27. The molecule has 26 heavy (non-hydrogen) atoms. The van der Waals surface area contributed by atoms with Gasteiger partial charge in [0.05, 0.1) is 17.4 Å². The van der Waals surface area contributed by atoms with E-state index in [1.54, 1.807) is 13.1 Å². The molecule has 2 N–H and O–H groups in total. The number of nitrogens with one attached hydrogen (secondary N) is 2. The first-order valence-electron chi connectivity index (χ1n) is 8.95. The van der Waals surface area contributed by atoms with Gasteiger partial charge in [-0.2, -0.15) is 0 Å². The molecule has 2 amide bonds. The quantitative estimate of drug-likeness (QED) is 0.860. The first kappa shape index (κ1) is 19.9. The van der Waals surface area contributed by atoms with Crippen molar-refractivity contribution in [3.05, 3.63) is 35.6 Å². The highest BCUT2D eigenvalue weighted by atomic mass is 16.6. The largest absolute Gasteiger partial charge is 0.444 e. The van der Waals surface area contributed by atoms with E-state index in [2.05, 4.69) is 20.6 Å². The number of allylic oxidation sites excluding steroid dienone is 1. The van der Waals surface area contributed by atoms with Crippen LogP contribution < -0.4 is 10.6 Å². The molecule has 1 aliphatic rings. The molecule has 7 nitrogen and oxygen atoms in total. The molecule has 0 unspecified atom stereocenters. The number of amides is 2. The van der Waals surface area contributed by atoms with Crippen molar-refractivity contribution >= 4 is 12.0 Å². The Bertz CT molecular complexity index is 709. The third kappa shape index (κ3) is 5.54. The first-order chi connectivity index (χ1) is 12.1. The SMILES string of the molecule is CC[C@@]1(NC(=O)c2cncc(C)n2)C=C(NC(=O)OC(C)(C)C)CCC1. The molecule has 0 saturated carbocycles. The Morgan fingerprint density at radius 2 is 2.04 bits per heavy atom. The van der Waals surface area contributed by atoms with Gasteiger partial charge in [-0.3, -0.25) is 15.1 Å². The number of nitrogens with zero attached hydrogens (tertiary/aromatic N) is 2. The Kier molecular flexibility index (Phi) is 6.00. The third-order valence-electron chi connectivity index (χ3n) is 4.16. The lowest BCUT2D eigenvalue weighted by Gasteiger charge is -2.35. The van der Waals surface area contributed by atoms with Gasteiger partial charge >= 0.3 is 6.09 Å². The van der Waals surface area contributed by atoms with Crippen LogP contribution in [-0.2, 0) is 4.74 Å². The lowest BCUT2D eigenvalue weighted by Crippen LogP contribution is -2.49. The van der Waals surface area contributed by atoms with Crippen molar-refractivity contribution in [1.29, 1.82) is 0 Å².